The zero-order valence-corrected chi connectivity index (χ0v) is 12.8. The van der Waals surface area contributed by atoms with Crippen molar-refractivity contribution in [2.75, 3.05) is 11.9 Å². The zero-order valence-electron chi connectivity index (χ0n) is 12.8. The van der Waals surface area contributed by atoms with Crippen molar-refractivity contribution in [3.8, 4) is 0 Å². The largest absolute Gasteiger partial charge is 0.455 e. The summed E-state index contributed by atoms with van der Waals surface area (Å²) in [4.78, 5) is 33.8. The average molecular weight is 318 g/mol. The van der Waals surface area contributed by atoms with Gasteiger partial charge in [0, 0.05) is 17.8 Å². The monoisotopic (exact) mass is 318 g/mol. The number of aryl methyl sites for hydroxylation is 1. The molecule has 0 bridgehead atoms. The van der Waals surface area contributed by atoms with Gasteiger partial charge in [0.05, 0.1) is 10.8 Å². The fourth-order valence-electron chi connectivity index (χ4n) is 2.35. The van der Waals surface area contributed by atoms with Crippen LogP contribution in [0.3, 0.4) is 0 Å². The number of carbonyl (C=O) groups is 2. The molecule has 0 radical (unpaired) electrons. The van der Waals surface area contributed by atoms with E-state index >= 15 is 0 Å². The van der Waals surface area contributed by atoms with Crippen molar-refractivity contribution in [2.24, 2.45) is 5.92 Å². The Labute approximate surface area is 133 Å². The van der Waals surface area contributed by atoms with Crippen molar-refractivity contribution < 1.29 is 19.2 Å². The topological polar surface area (TPSA) is 98.5 Å². The lowest BCUT2D eigenvalue weighted by atomic mass is 9.95. The summed E-state index contributed by atoms with van der Waals surface area (Å²) >= 11 is 0. The molecule has 0 saturated carbocycles. The van der Waals surface area contributed by atoms with Gasteiger partial charge >= 0.3 is 5.97 Å². The maximum absolute atomic E-state index is 11.8. The number of anilines is 1. The number of esters is 1. The molecular formula is C16H18N2O5. The van der Waals surface area contributed by atoms with Crippen molar-refractivity contribution in [1.82, 2.24) is 0 Å². The third-order valence-corrected chi connectivity index (χ3v) is 3.64. The van der Waals surface area contributed by atoms with Crippen LogP contribution in [-0.2, 0) is 14.3 Å². The van der Waals surface area contributed by atoms with E-state index in [-0.39, 0.29) is 24.2 Å². The van der Waals surface area contributed by atoms with Gasteiger partial charge in [-0.05, 0) is 37.8 Å². The second-order valence-electron chi connectivity index (χ2n) is 5.39. The van der Waals surface area contributed by atoms with Crippen LogP contribution in [-0.4, -0.2) is 23.4 Å². The Morgan fingerprint density at radius 2 is 2.17 bits per heavy atom. The molecule has 0 spiro atoms. The van der Waals surface area contributed by atoms with Crippen molar-refractivity contribution in [1.29, 1.82) is 0 Å². The zero-order chi connectivity index (χ0) is 16.8. The van der Waals surface area contributed by atoms with Crippen LogP contribution in [0.1, 0.15) is 24.8 Å². The van der Waals surface area contributed by atoms with E-state index in [0.29, 0.717) is 17.7 Å². The minimum absolute atomic E-state index is 0.0442. The molecule has 1 atom stereocenters. The summed E-state index contributed by atoms with van der Waals surface area (Å²) in [6.45, 7) is 1.29. The number of ether oxygens (including phenoxy) is 1. The lowest BCUT2D eigenvalue weighted by Crippen LogP contribution is -2.25. The van der Waals surface area contributed by atoms with Gasteiger partial charge in [-0.15, -0.1) is 0 Å². The number of nitro groups is 1. The van der Waals surface area contributed by atoms with Gasteiger partial charge in [0.15, 0.2) is 6.61 Å². The second kappa shape index (κ2) is 7.53. The lowest BCUT2D eigenvalue weighted by Gasteiger charge is -2.16. The molecular weight excluding hydrogens is 300 g/mol. The van der Waals surface area contributed by atoms with E-state index in [1.807, 2.05) is 12.2 Å². The Balaban J connectivity index is 1.86. The standard InChI is InChI=1S/C16H18N2O5/c1-11-9-13(18(21)22)7-8-14(11)17-15(19)10-23-16(20)12-5-3-2-4-6-12/h2-3,7-9,12H,4-6,10H2,1H3,(H,17,19)/t12-/m0/s1. The molecule has 23 heavy (non-hydrogen) atoms. The van der Waals surface area contributed by atoms with E-state index in [1.165, 1.54) is 18.2 Å². The van der Waals surface area contributed by atoms with Gasteiger partial charge in [-0.3, -0.25) is 19.7 Å². The van der Waals surface area contributed by atoms with Crippen LogP contribution in [0.25, 0.3) is 0 Å². The summed E-state index contributed by atoms with van der Waals surface area (Å²) in [7, 11) is 0. The van der Waals surface area contributed by atoms with Crippen LogP contribution >= 0.6 is 0 Å². The van der Waals surface area contributed by atoms with Gasteiger partial charge in [0.1, 0.15) is 0 Å². The number of hydrogen-bond donors (Lipinski definition) is 1. The molecule has 1 amide bonds. The maximum Gasteiger partial charge on any atom is 0.309 e. The molecule has 0 aromatic heterocycles. The van der Waals surface area contributed by atoms with Gasteiger partial charge < -0.3 is 10.1 Å². The number of allylic oxidation sites excluding steroid dienone is 2. The molecule has 2 rings (SSSR count). The molecule has 7 heteroatoms. The fraction of sp³-hybridized carbons (Fsp3) is 0.375. The van der Waals surface area contributed by atoms with Gasteiger partial charge in [0.2, 0.25) is 0 Å². The molecule has 1 aromatic rings. The highest BCUT2D eigenvalue weighted by molar-refractivity contribution is 5.93. The van der Waals surface area contributed by atoms with E-state index < -0.39 is 10.8 Å². The molecule has 0 saturated heterocycles. The van der Waals surface area contributed by atoms with E-state index in [1.54, 1.807) is 6.92 Å². The van der Waals surface area contributed by atoms with Crippen LogP contribution < -0.4 is 5.32 Å². The molecule has 0 aliphatic heterocycles. The fourth-order valence-corrected chi connectivity index (χ4v) is 2.35. The van der Waals surface area contributed by atoms with Crippen molar-refractivity contribution in [3.63, 3.8) is 0 Å². The van der Waals surface area contributed by atoms with E-state index in [4.69, 9.17) is 4.74 Å². The first-order valence-electron chi connectivity index (χ1n) is 7.34. The molecule has 0 fully saturated rings. The average Bonchev–Trinajstić information content (AvgIpc) is 2.55. The molecule has 122 valence electrons. The summed E-state index contributed by atoms with van der Waals surface area (Å²) in [5.74, 6) is -1.03. The van der Waals surface area contributed by atoms with Crippen LogP contribution in [0.4, 0.5) is 11.4 Å². The molecule has 1 aromatic carbocycles. The number of nitrogens with one attached hydrogen (secondary N) is 1. The van der Waals surface area contributed by atoms with Crippen LogP contribution in [0.5, 0.6) is 0 Å². The highest BCUT2D eigenvalue weighted by atomic mass is 16.6. The van der Waals surface area contributed by atoms with Crippen LogP contribution in [0.2, 0.25) is 0 Å². The summed E-state index contributed by atoms with van der Waals surface area (Å²) < 4.78 is 5.02. The Morgan fingerprint density at radius 1 is 1.39 bits per heavy atom. The number of nitrogens with zero attached hydrogens (tertiary/aromatic N) is 1. The molecule has 0 heterocycles. The number of hydrogen-bond acceptors (Lipinski definition) is 5. The summed E-state index contributed by atoms with van der Waals surface area (Å²) in [5, 5.41) is 13.3. The van der Waals surface area contributed by atoms with Crippen molar-refractivity contribution in [2.45, 2.75) is 26.2 Å². The number of amides is 1. The summed E-state index contributed by atoms with van der Waals surface area (Å²) in [6, 6.07) is 4.14. The summed E-state index contributed by atoms with van der Waals surface area (Å²) in [6.07, 6.45) is 6.18. The quantitative estimate of drug-likeness (QED) is 0.389. The Morgan fingerprint density at radius 3 is 2.78 bits per heavy atom. The number of nitro benzene ring substituents is 1. The van der Waals surface area contributed by atoms with E-state index in [0.717, 1.165) is 12.8 Å². The lowest BCUT2D eigenvalue weighted by molar-refractivity contribution is -0.384. The molecule has 1 aliphatic carbocycles. The minimum Gasteiger partial charge on any atom is -0.455 e. The molecule has 7 nitrogen and oxygen atoms in total. The SMILES string of the molecule is Cc1cc([N+](=O)[O-])ccc1NC(=O)COC(=O)[C@H]1CC=CCC1. The highest BCUT2D eigenvalue weighted by Gasteiger charge is 2.21. The van der Waals surface area contributed by atoms with Crippen molar-refractivity contribution >= 4 is 23.3 Å². The first-order chi connectivity index (χ1) is 11.0. The van der Waals surface area contributed by atoms with Gasteiger partial charge in [-0.25, -0.2) is 0 Å². The van der Waals surface area contributed by atoms with E-state index in [2.05, 4.69) is 5.32 Å². The van der Waals surface area contributed by atoms with E-state index in [9.17, 15) is 19.7 Å². The van der Waals surface area contributed by atoms with Crippen molar-refractivity contribution in [3.05, 3.63) is 46.0 Å². The normalized spacial score (nSPS) is 16.7. The van der Waals surface area contributed by atoms with Gasteiger partial charge in [0.25, 0.3) is 11.6 Å². The number of carbonyl (C=O) groups excluding carboxylic acids is 2. The second-order valence-corrected chi connectivity index (χ2v) is 5.39. The Kier molecular flexibility index (Phi) is 5.46. The molecule has 1 N–H and O–H groups in total. The van der Waals surface area contributed by atoms with Gasteiger partial charge in [-0.2, -0.15) is 0 Å². The van der Waals surface area contributed by atoms with Crippen LogP contribution in [0, 0.1) is 23.0 Å². The smallest absolute Gasteiger partial charge is 0.309 e. The third-order valence-electron chi connectivity index (χ3n) is 3.64. The highest BCUT2D eigenvalue weighted by Crippen LogP contribution is 2.21. The first-order valence-corrected chi connectivity index (χ1v) is 7.34. The predicted octanol–water partition coefficient (Wildman–Crippen LogP) is 2.74. The predicted molar refractivity (Wildman–Crippen MR) is 83.9 cm³/mol. The Bertz CT molecular complexity index is 654. The minimum atomic E-state index is -0.501. The maximum atomic E-state index is 11.8. The number of benzene rings is 1. The summed E-state index contributed by atoms with van der Waals surface area (Å²) in [5.41, 5.74) is 0.978. The third kappa shape index (κ3) is 4.64. The Hall–Kier alpha value is -2.70. The molecule has 0 unspecified atom stereocenters. The number of rotatable bonds is 5. The van der Waals surface area contributed by atoms with Crippen LogP contribution in [0.15, 0.2) is 30.4 Å². The van der Waals surface area contributed by atoms with Gasteiger partial charge in [-0.1, -0.05) is 12.2 Å². The number of non-ortho nitro benzene ring substituents is 1. The first kappa shape index (κ1) is 16.7. The molecule has 1 aliphatic rings.